The first-order valence-electron chi connectivity index (χ1n) is 7.15. The minimum atomic E-state index is -0.535. The fourth-order valence-corrected chi connectivity index (χ4v) is 2.16. The number of hydrogen-bond donors (Lipinski definition) is 1. The average molecular weight is 318 g/mol. The van der Waals surface area contributed by atoms with Crippen LogP contribution >= 0.6 is 0 Å². The van der Waals surface area contributed by atoms with Gasteiger partial charge in [-0.05, 0) is 37.1 Å². The summed E-state index contributed by atoms with van der Waals surface area (Å²) in [5.41, 5.74) is 0.878. The monoisotopic (exact) mass is 318 g/mol. The number of hydrogen-bond acceptors (Lipinski definition) is 3. The molecule has 0 aliphatic carbocycles. The SMILES string of the molecule is Cc1cc(NC(=O)CCc2cc(F)ccc2F)n(CCC#N)n1. The molecular formula is C16H16F2N4O. The maximum absolute atomic E-state index is 13.5. The van der Waals surface area contributed by atoms with Gasteiger partial charge in [0.15, 0.2) is 0 Å². The largest absolute Gasteiger partial charge is 0.311 e. The number of benzene rings is 1. The number of anilines is 1. The van der Waals surface area contributed by atoms with Crippen LogP contribution in [0.25, 0.3) is 0 Å². The van der Waals surface area contributed by atoms with E-state index in [1.807, 2.05) is 6.07 Å². The van der Waals surface area contributed by atoms with Crippen molar-refractivity contribution in [2.75, 3.05) is 5.32 Å². The van der Waals surface area contributed by atoms with E-state index in [1.54, 1.807) is 17.7 Å². The first kappa shape index (κ1) is 16.6. The smallest absolute Gasteiger partial charge is 0.225 e. The molecule has 0 atom stereocenters. The van der Waals surface area contributed by atoms with Crippen molar-refractivity contribution in [3.8, 4) is 6.07 Å². The van der Waals surface area contributed by atoms with E-state index in [0.717, 1.165) is 23.9 Å². The van der Waals surface area contributed by atoms with Gasteiger partial charge in [-0.25, -0.2) is 13.5 Å². The lowest BCUT2D eigenvalue weighted by Crippen LogP contribution is -2.16. The highest BCUT2D eigenvalue weighted by atomic mass is 19.1. The highest BCUT2D eigenvalue weighted by Gasteiger charge is 2.11. The summed E-state index contributed by atoms with van der Waals surface area (Å²) >= 11 is 0. The molecule has 1 amide bonds. The first-order valence-corrected chi connectivity index (χ1v) is 7.15. The van der Waals surface area contributed by atoms with E-state index in [-0.39, 0.29) is 30.7 Å². The predicted molar refractivity (Wildman–Crippen MR) is 80.5 cm³/mol. The quantitative estimate of drug-likeness (QED) is 0.890. The Morgan fingerprint density at radius 2 is 2.17 bits per heavy atom. The van der Waals surface area contributed by atoms with Gasteiger partial charge in [-0.15, -0.1) is 0 Å². The van der Waals surface area contributed by atoms with Gasteiger partial charge in [0.2, 0.25) is 5.91 Å². The molecule has 0 bridgehead atoms. The first-order chi connectivity index (χ1) is 11.0. The summed E-state index contributed by atoms with van der Waals surface area (Å²) in [6.07, 6.45) is 0.391. The molecule has 0 aliphatic heterocycles. The van der Waals surface area contributed by atoms with Crippen LogP contribution in [0.2, 0.25) is 0 Å². The zero-order chi connectivity index (χ0) is 16.8. The Labute approximate surface area is 132 Å². The zero-order valence-electron chi connectivity index (χ0n) is 12.6. The fourth-order valence-electron chi connectivity index (χ4n) is 2.16. The van der Waals surface area contributed by atoms with Crippen LogP contribution in [0, 0.1) is 29.9 Å². The lowest BCUT2D eigenvalue weighted by molar-refractivity contribution is -0.116. The predicted octanol–water partition coefficient (Wildman–Crippen LogP) is 2.95. The van der Waals surface area contributed by atoms with Gasteiger partial charge in [-0.3, -0.25) is 4.79 Å². The maximum Gasteiger partial charge on any atom is 0.225 e. The Balaban J connectivity index is 1.97. The van der Waals surface area contributed by atoms with Crippen molar-refractivity contribution in [1.29, 1.82) is 5.26 Å². The van der Waals surface area contributed by atoms with E-state index in [4.69, 9.17) is 5.26 Å². The molecule has 5 nitrogen and oxygen atoms in total. The van der Waals surface area contributed by atoms with Gasteiger partial charge < -0.3 is 5.32 Å². The van der Waals surface area contributed by atoms with Crippen molar-refractivity contribution in [2.45, 2.75) is 32.7 Å². The Kier molecular flexibility index (Phi) is 5.41. The molecule has 2 rings (SSSR count). The maximum atomic E-state index is 13.5. The molecule has 7 heteroatoms. The normalized spacial score (nSPS) is 10.3. The third-order valence-corrected chi connectivity index (χ3v) is 3.23. The molecule has 1 aromatic carbocycles. The van der Waals surface area contributed by atoms with Crippen LogP contribution in [0.1, 0.15) is 24.1 Å². The van der Waals surface area contributed by atoms with Crippen molar-refractivity contribution < 1.29 is 13.6 Å². The number of nitrogens with zero attached hydrogens (tertiary/aromatic N) is 3. The number of carbonyl (C=O) groups is 1. The molecule has 0 aliphatic rings. The van der Waals surface area contributed by atoms with Crippen LogP contribution in [0.4, 0.5) is 14.6 Å². The van der Waals surface area contributed by atoms with Crippen molar-refractivity contribution in [3.05, 3.63) is 47.2 Å². The van der Waals surface area contributed by atoms with Crippen LogP contribution in [0.3, 0.4) is 0 Å². The molecule has 120 valence electrons. The summed E-state index contributed by atoms with van der Waals surface area (Å²) in [6, 6.07) is 6.87. The molecule has 0 radical (unpaired) electrons. The molecular weight excluding hydrogens is 302 g/mol. The Morgan fingerprint density at radius 1 is 1.39 bits per heavy atom. The van der Waals surface area contributed by atoms with E-state index < -0.39 is 11.6 Å². The minimum Gasteiger partial charge on any atom is -0.311 e. The van der Waals surface area contributed by atoms with Crippen LogP contribution < -0.4 is 5.32 Å². The van der Waals surface area contributed by atoms with E-state index in [0.29, 0.717) is 12.4 Å². The van der Waals surface area contributed by atoms with Gasteiger partial charge in [0.25, 0.3) is 0 Å². The van der Waals surface area contributed by atoms with E-state index >= 15 is 0 Å². The highest BCUT2D eigenvalue weighted by Crippen LogP contribution is 2.14. The number of carbonyl (C=O) groups excluding carboxylic acids is 1. The van der Waals surface area contributed by atoms with Crippen molar-refractivity contribution in [3.63, 3.8) is 0 Å². The van der Waals surface area contributed by atoms with Crippen molar-refractivity contribution >= 4 is 11.7 Å². The van der Waals surface area contributed by atoms with Crippen LogP contribution in [0.15, 0.2) is 24.3 Å². The molecule has 23 heavy (non-hydrogen) atoms. The second-order valence-electron chi connectivity index (χ2n) is 5.09. The molecule has 0 fully saturated rings. The van der Waals surface area contributed by atoms with Crippen LogP contribution in [0.5, 0.6) is 0 Å². The van der Waals surface area contributed by atoms with Crippen molar-refractivity contribution in [2.24, 2.45) is 0 Å². The summed E-state index contributed by atoms with van der Waals surface area (Å²) in [6.45, 7) is 2.15. The van der Waals surface area contributed by atoms with E-state index in [1.165, 1.54) is 0 Å². The molecule has 0 saturated carbocycles. The fraction of sp³-hybridized carbons (Fsp3) is 0.312. The summed E-state index contributed by atoms with van der Waals surface area (Å²) in [4.78, 5) is 12.0. The topological polar surface area (TPSA) is 70.7 Å². The Morgan fingerprint density at radius 3 is 2.91 bits per heavy atom. The van der Waals surface area contributed by atoms with Gasteiger partial charge in [-0.1, -0.05) is 0 Å². The summed E-state index contributed by atoms with van der Waals surface area (Å²) in [5.74, 6) is -0.907. The minimum absolute atomic E-state index is 0.0167. The van der Waals surface area contributed by atoms with E-state index in [2.05, 4.69) is 10.4 Å². The molecule has 0 spiro atoms. The third-order valence-electron chi connectivity index (χ3n) is 3.23. The Hall–Kier alpha value is -2.75. The number of aryl methyl sites for hydroxylation is 3. The number of rotatable bonds is 6. The van der Waals surface area contributed by atoms with Crippen molar-refractivity contribution in [1.82, 2.24) is 9.78 Å². The third kappa shape index (κ3) is 4.61. The van der Waals surface area contributed by atoms with E-state index in [9.17, 15) is 13.6 Å². The molecule has 1 aromatic heterocycles. The van der Waals surface area contributed by atoms with Gasteiger partial charge in [-0.2, -0.15) is 10.4 Å². The number of nitriles is 1. The zero-order valence-corrected chi connectivity index (χ0v) is 12.6. The average Bonchev–Trinajstić information content (AvgIpc) is 2.85. The number of aromatic nitrogens is 2. The van der Waals surface area contributed by atoms with Gasteiger partial charge in [0, 0.05) is 12.5 Å². The summed E-state index contributed by atoms with van der Waals surface area (Å²) in [7, 11) is 0. The van der Waals surface area contributed by atoms with Gasteiger partial charge in [0.1, 0.15) is 17.5 Å². The lowest BCUT2D eigenvalue weighted by Gasteiger charge is -2.08. The van der Waals surface area contributed by atoms with Crippen LogP contribution in [-0.2, 0) is 17.8 Å². The molecule has 1 N–H and O–H groups in total. The summed E-state index contributed by atoms with van der Waals surface area (Å²) < 4.78 is 28.1. The highest BCUT2D eigenvalue weighted by molar-refractivity contribution is 5.90. The number of nitrogens with one attached hydrogen (secondary N) is 1. The molecule has 2 aromatic rings. The number of amides is 1. The molecule has 1 heterocycles. The van der Waals surface area contributed by atoms with Crippen LogP contribution in [-0.4, -0.2) is 15.7 Å². The number of halogens is 2. The summed E-state index contributed by atoms with van der Waals surface area (Å²) in [5, 5.41) is 15.5. The van der Waals surface area contributed by atoms with Gasteiger partial charge >= 0.3 is 0 Å². The second kappa shape index (κ2) is 7.49. The Bertz CT molecular complexity index is 749. The van der Waals surface area contributed by atoms with Gasteiger partial charge in [0.05, 0.1) is 24.7 Å². The molecule has 0 unspecified atom stereocenters. The standard InChI is InChI=1S/C16H16F2N4O/c1-11-9-15(22(21-11)8-2-7-19)20-16(23)6-3-12-10-13(17)4-5-14(12)18/h4-5,9-10H,2-3,6,8H2,1H3,(H,20,23). The lowest BCUT2D eigenvalue weighted by atomic mass is 10.1. The molecule has 0 saturated heterocycles. The second-order valence-corrected chi connectivity index (χ2v) is 5.09.